The molecule has 0 aliphatic rings. The monoisotopic (exact) mass is 762 g/mol. The Labute approximate surface area is 325 Å². The number of quaternary nitrogens is 1. The van der Waals surface area contributed by atoms with Gasteiger partial charge in [0.05, 0.1) is 39.9 Å². The van der Waals surface area contributed by atoms with Crippen molar-refractivity contribution in [2.24, 2.45) is 0 Å². The van der Waals surface area contributed by atoms with Crippen LogP contribution in [0.4, 0.5) is 0 Å². The van der Waals surface area contributed by atoms with Gasteiger partial charge in [-0.25, -0.2) is 4.57 Å². The third-order valence-electron chi connectivity index (χ3n) is 8.38. The number of phosphoric acid groups is 1. The van der Waals surface area contributed by atoms with Crippen molar-refractivity contribution in [2.45, 2.75) is 148 Å². The van der Waals surface area contributed by atoms with E-state index in [0.717, 1.165) is 44.9 Å². The first kappa shape index (κ1) is 50.7. The maximum atomic E-state index is 12.8. The molecule has 0 radical (unpaired) electrons. The Morgan fingerprint density at radius 2 is 1.15 bits per heavy atom. The van der Waals surface area contributed by atoms with Crippen molar-refractivity contribution >= 4 is 13.7 Å². The largest absolute Gasteiger partial charge is 0.472 e. The van der Waals surface area contributed by atoms with E-state index in [9.17, 15) is 19.4 Å². The van der Waals surface area contributed by atoms with E-state index in [1.54, 1.807) is 12.2 Å². The van der Waals surface area contributed by atoms with Gasteiger partial charge in [0.2, 0.25) is 5.91 Å². The van der Waals surface area contributed by atoms with E-state index in [0.29, 0.717) is 17.4 Å². The number of phosphoric ester groups is 1. The zero-order valence-electron chi connectivity index (χ0n) is 34.2. The predicted molar refractivity (Wildman–Crippen MR) is 226 cm³/mol. The van der Waals surface area contributed by atoms with Gasteiger partial charge in [0, 0.05) is 6.42 Å². The highest BCUT2D eigenvalue weighted by Crippen LogP contribution is 2.43. The van der Waals surface area contributed by atoms with Gasteiger partial charge in [-0.1, -0.05) is 157 Å². The van der Waals surface area contributed by atoms with Gasteiger partial charge in [-0.2, -0.15) is 0 Å². The number of carbonyl (C=O) groups is 1. The maximum absolute atomic E-state index is 12.8. The number of amides is 1. The molecule has 1 amide bonds. The molecule has 0 aromatic carbocycles. The number of carbonyl (C=O) groups excluding carboxylic acids is 1. The minimum absolute atomic E-state index is 0.0353. The molecule has 9 heteroatoms. The minimum atomic E-state index is -4.37. The summed E-state index contributed by atoms with van der Waals surface area (Å²) in [5, 5.41) is 13.7. The van der Waals surface area contributed by atoms with Crippen molar-refractivity contribution in [2.75, 3.05) is 40.9 Å². The fourth-order valence-corrected chi connectivity index (χ4v) is 5.86. The molecule has 3 atom stereocenters. The molecule has 304 valence electrons. The Balaban J connectivity index is 4.71. The van der Waals surface area contributed by atoms with Crippen molar-refractivity contribution < 1.29 is 32.9 Å². The summed E-state index contributed by atoms with van der Waals surface area (Å²) >= 11 is 0. The number of nitrogens with zero attached hydrogens (tertiary/aromatic N) is 1. The average Bonchev–Trinajstić information content (AvgIpc) is 3.10. The lowest BCUT2D eigenvalue weighted by atomic mass is 10.1. The van der Waals surface area contributed by atoms with Gasteiger partial charge in [0.1, 0.15) is 13.2 Å². The molecule has 0 aromatic heterocycles. The topological polar surface area (TPSA) is 105 Å². The number of unbranched alkanes of at least 4 members (excludes halogenated alkanes) is 11. The summed E-state index contributed by atoms with van der Waals surface area (Å²) in [6.45, 7) is 4.57. The third-order valence-corrected chi connectivity index (χ3v) is 9.36. The molecule has 0 fully saturated rings. The normalized spacial score (nSPS) is 15.4. The number of aliphatic hydroxyl groups is 1. The fourth-order valence-electron chi connectivity index (χ4n) is 5.12. The molecular formula is C44H78N2O6P+. The predicted octanol–water partition coefficient (Wildman–Crippen LogP) is 11.0. The highest BCUT2D eigenvalue weighted by Gasteiger charge is 2.27. The van der Waals surface area contributed by atoms with E-state index >= 15 is 0 Å². The fraction of sp³-hybridized carbons (Fsp3) is 0.659. The number of aliphatic hydroxyl groups excluding tert-OH is 1. The summed E-state index contributed by atoms with van der Waals surface area (Å²) in [6.07, 6.45) is 48.3. The smallest absolute Gasteiger partial charge is 0.387 e. The lowest BCUT2D eigenvalue weighted by Gasteiger charge is -2.25. The summed E-state index contributed by atoms with van der Waals surface area (Å²) in [5.41, 5.74) is 0. The van der Waals surface area contributed by atoms with Gasteiger partial charge >= 0.3 is 7.82 Å². The Hall–Kier alpha value is -2.32. The van der Waals surface area contributed by atoms with E-state index in [-0.39, 0.29) is 25.5 Å². The van der Waals surface area contributed by atoms with E-state index in [1.165, 1.54) is 64.2 Å². The summed E-state index contributed by atoms with van der Waals surface area (Å²) in [7, 11) is 1.48. The SMILES string of the molecule is CC/C=C\C/C=C\C/C=C\C/C=C\C/C=C\CC(=O)NC(COP(=O)(O)OCC[N+](C)(C)C)C(O)/C=C/CC/C=C/CCCCCCCCCCCC. The summed E-state index contributed by atoms with van der Waals surface area (Å²) in [5.74, 6) is -0.318. The van der Waals surface area contributed by atoms with Crippen molar-refractivity contribution in [3.05, 3.63) is 85.1 Å². The number of likely N-dealkylation sites (N-methyl/N-ethyl adjacent to an activating group) is 1. The second-order valence-electron chi connectivity index (χ2n) is 14.6. The van der Waals surface area contributed by atoms with Crippen LogP contribution in [0.1, 0.15) is 136 Å². The Kier molecular flexibility index (Phi) is 33.8. The van der Waals surface area contributed by atoms with Crippen LogP contribution >= 0.6 is 7.82 Å². The number of rotatable bonds is 35. The average molecular weight is 762 g/mol. The molecule has 0 saturated heterocycles. The number of hydrogen-bond acceptors (Lipinski definition) is 5. The molecule has 0 spiro atoms. The number of hydrogen-bond donors (Lipinski definition) is 3. The lowest BCUT2D eigenvalue weighted by Crippen LogP contribution is -2.45. The minimum Gasteiger partial charge on any atom is -0.387 e. The summed E-state index contributed by atoms with van der Waals surface area (Å²) in [4.78, 5) is 23.0. The molecule has 3 unspecified atom stereocenters. The van der Waals surface area contributed by atoms with Gasteiger partial charge in [-0.15, -0.1) is 0 Å². The quantitative estimate of drug-likeness (QED) is 0.0257. The van der Waals surface area contributed by atoms with Crippen LogP contribution in [0.15, 0.2) is 85.1 Å². The van der Waals surface area contributed by atoms with Gasteiger partial charge in [0.25, 0.3) is 0 Å². The second-order valence-corrected chi connectivity index (χ2v) is 16.1. The highest BCUT2D eigenvalue weighted by atomic mass is 31.2. The van der Waals surface area contributed by atoms with E-state index in [2.05, 4.69) is 79.9 Å². The van der Waals surface area contributed by atoms with Crippen LogP contribution in [0.3, 0.4) is 0 Å². The number of nitrogens with one attached hydrogen (secondary N) is 1. The third kappa shape index (κ3) is 37.8. The van der Waals surface area contributed by atoms with E-state index < -0.39 is 20.0 Å². The van der Waals surface area contributed by atoms with Crippen LogP contribution in [0.2, 0.25) is 0 Å². The molecular weight excluding hydrogens is 683 g/mol. The first-order chi connectivity index (χ1) is 25.5. The van der Waals surface area contributed by atoms with Crippen molar-refractivity contribution in [1.29, 1.82) is 0 Å². The molecule has 8 nitrogen and oxygen atoms in total. The molecule has 0 aliphatic heterocycles. The molecule has 0 rings (SSSR count). The first-order valence-electron chi connectivity index (χ1n) is 20.5. The van der Waals surface area contributed by atoms with Crippen LogP contribution in [0.25, 0.3) is 0 Å². The van der Waals surface area contributed by atoms with Gasteiger partial charge in [-0.05, 0) is 57.8 Å². The van der Waals surface area contributed by atoms with Gasteiger partial charge in [0.15, 0.2) is 0 Å². The van der Waals surface area contributed by atoms with Crippen LogP contribution in [-0.2, 0) is 18.4 Å². The molecule has 0 bridgehead atoms. The van der Waals surface area contributed by atoms with Crippen LogP contribution in [0, 0.1) is 0 Å². The van der Waals surface area contributed by atoms with Crippen molar-refractivity contribution in [1.82, 2.24) is 5.32 Å². The van der Waals surface area contributed by atoms with Crippen LogP contribution in [0.5, 0.6) is 0 Å². The highest BCUT2D eigenvalue weighted by molar-refractivity contribution is 7.47. The van der Waals surface area contributed by atoms with Crippen molar-refractivity contribution in [3.8, 4) is 0 Å². The maximum Gasteiger partial charge on any atom is 0.472 e. The molecule has 3 N–H and O–H groups in total. The van der Waals surface area contributed by atoms with Gasteiger partial charge < -0.3 is 19.8 Å². The Bertz CT molecular complexity index is 1140. The van der Waals surface area contributed by atoms with E-state index in [4.69, 9.17) is 9.05 Å². The zero-order valence-corrected chi connectivity index (χ0v) is 35.1. The molecule has 53 heavy (non-hydrogen) atoms. The summed E-state index contributed by atoms with van der Waals surface area (Å²) in [6, 6.07) is -0.921. The lowest BCUT2D eigenvalue weighted by molar-refractivity contribution is -0.870. The molecule has 0 aliphatic carbocycles. The van der Waals surface area contributed by atoms with Crippen molar-refractivity contribution in [3.63, 3.8) is 0 Å². The Morgan fingerprint density at radius 3 is 1.70 bits per heavy atom. The standard InChI is InChI=1S/C44H77N2O6P/c1-6-8-10-12-14-16-18-20-22-24-25-27-29-31-33-35-37-43(47)42(41-52-53(49,50)51-40-39-46(3,4)5)45-44(48)38-36-34-32-30-28-26-23-21-19-17-15-13-11-9-7-2/h9,11,15,17,21,23,27-30,34-37,42-43,47H,6-8,10,12-14,16,18-20,22,24-26,31-33,38-41H2,1-5H3,(H-,45,48,49,50)/p+1/b11-9-,17-15-,23-21-,29-27+,30-28-,36-34-,37-35+. The zero-order chi connectivity index (χ0) is 39.3. The van der Waals surface area contributed by atoms with Crippen LogP contribution < -0.4 is 5.32 Å². The number of allylic oxidation sites excluding steroid dienone is 12. The Morgan fingerprint density at radius 1 is 0.660 bits per heavy atom. The molecule has 0 saturated carbocycles. The van der Waals surface area contributed by atoms with Crippen LogP contribution in [-0.4, -0.2) is 73.4 Å². The molecule has 0 aromatic rings. The van der Waals surface area contributed by atoms with E-state index in [1.807, 2.05) is 33.3 Å². The molecule has 0 heterocycles. The first-order valence-corrected chi connectivity index (χ1v) is 22.0. The van der Waals surface area contributed by atoms with Gasteiger partial charge in [-0.3, -0.25) is 13.8 Å². The second kappa shape index (κ2) is 35.4. The summed E-state index contributed by atoms with van der Waals surface area (Å²) < 4.78 is 23.4.